The average molecular weight is 347 g/mol. The lowest BCUT2D eigenvalue weighted by Gasteiger charge is -2.10. The molecule has 5 nitrogen and oxygen atoms in total. The molecule has 0 aromatic heterocycles. The Morgan fingerprint density at radius 3 is 2.46 bits per heavy atom. The molecule has 0 bridgehead atoms. The maximum absolute atomic E-state index is 12.4. The Morgan fingerprint density at radius 1 is 1.12 bits per heavy atom. The largest absolute Gasteiger partial charge is 0.465 e. The molecule has 0 unspecified atom stereocenters. The summed E-state index contributed by atoms with van der Waals surface area (Å²) in [6.45, 7) is 2.01. The summed E-state index contributed by atoms with van der Waals surface area (Å²) in [6, 6.07) is 14.3. The second kappa shape index (κ2) is 8.08. The van der Waals surface area contributed by atoms with Gasteiger partial charge in [0.15, 0.2) is 0 Å². The van der Waals surface area contributed by atoms with Crippen LogP contribution in [0.25, 0.3) is 0 Å². The third-order valence-corrected chi connectivity index (χ3v) is 5.28. The minimum Gasteiger partial charge on any atom is -0.465 e. The zero-order valence-corrected chi connectivity index (χ0v) is 14.6. The standard InChI is InChI=1S/C18H21NO4S/c1-14-13-16(18(20)23-2)10-11-17(14)24(21,22)19-12-6-9-15-7-4-3-5-8-15/h3-5,7-8,10-11,13,19H,6,9,12H2,1-2H3. The molecular formula is C18H21NO4S. The maximum atomic E-state index is 12.4. The minimum absolute atomic E-state index is 0.176. The van der Waals surface area contributed by atoms with Crippen LogP contribution in [-0.2, 0) is 21.2 Å². The van der Waals surface area contributed by atoms with Crippen molar-refractivity contribution >= 4 is 16.0 Å². The Morgan fingerprint density at radius 2 is 1.83 bits per heavy atom. The van der Waals surface area contributed by atoms with Gasteiger partial charge in [0.25, 0.3) is 0 Å². The lowest BCUT2D eigenvalue weighted by atomic mass is 10.1. The number of aryl methyl sites for hydroxylation is 2. The first-order valence-corrected chi connectivity index (χ1v) is 9.15. The molecule has 0 saturated carbocycles. The molecule has 0 fully saturated rings. The van der Waals surface area contributed by atoms with E-state index in [0.717, 1.165) is 6.42 Å². The SMILES string of the molecule is COC(=O)c1ccc(S(=O)(=O)NCCCc2ccccc2)c(C)c1. The molecule has 24 heavy (non-hydrogen) atoms. The van der Waals surface area contributed by atoms with Crippen molar-refractivity contribution in [3.8, 4) is 0 Å². The van der Waals surface area contributed by atoms with Gasteiger partial charge in [-0.15, -0.1) is 0 Å². The average Bonchev–Trinajstić information content (AvgIpc) is 2.58. The van der Waals surface area contributed by atoms with Crippen molar-refractivity contribution in [2.45, 2.75) is 24.7 Å². The molecule has 0 aliphatic carbocycles. The van der Waals surface area contributed by atoms with E-state index >= 15 is 0 Å². The van der Waals surface area contributed by atoms with Gasteiger partial charge in [0.05, 0.1) is 17.6 Å². The molecule has 0 radical (unpaired) electrons. The third-order valence-electron chi connectivity index (χ3n) is 3.66. The van der Waals surface area contributed by atoms with Gasteiger partial charge in [0.1, 0.15) is 0 Å². The number of ether oxygens (including phenoxy) is 1. The topological polar surface area (TPSA) is 72.5 Å². The van der Waals surface area contributed by atoms with Crippen LogP contribution in [-0.4, -0.2) is 28.0 Å². The molecule has 2 aromatic rings. The summed E-state index contributed by atoms with van der Waals surface area (Å²) >= 11 is 0. The van der Waals surface area contributed by atoms with Crippen molar-refractivity contribution in [1.29, 1.82) is 0 Å². The Bertz CT molecular complexity index is 801. The fourth-order valence-electron chi connectivity index (χ4n) is 2.42. The van der Waals surface area contributed by atoms with Crippen LogP contribution < -0.4 is 4.72 Å². The predicted octanol–water partition coefficient (Wildman–Crippen LogP) is 2.69. The maximum Gasteiger partial charge on any atom is 0.337 e. The van der Waals surface area contributed by atoms with Gasteiger partial charge >= 0.3 is 5.97 Å². The Kier molecular flexibility index (Phi) is 6.11. The summed E-state index contributed by atoms with van der Waals surface area (Å²) in [4.78, 5) is 11.7. The summed E-state index contributed by atoms with van der Waals surface area (Å²) in [5, 5.41) is 0. The molecule has 128 valence electrons. The summed E-state index contributed by atoms with van der Waals surface area (Å²) in [7, 11) is -2.31. The van der Waals surface area contributed by atoms with E-state index in [9.17, 15) is 13.2 Å². The van der Waals surface area contributed by atoms with Gasteiger partial charge in [-0.3, -0.25) is 0 Å². The number of benzene rings is 2. The lowest BCUT2D eigenvalue weighted by molar-refractivity contribution is 0.0600. The van der Waals surface area contributed by atoms with Crippen LogP contribution in [0.15, 0.2) is 53.4 Å². The predicted molar refractivity (Wildman–Crippen MR) is 92.5 cm³/mol. The van der Waals surface area contributed by atoms with Crippen LogP contribution in [0.2, 0.25) is 0 Å². The minimum atomic E-state index is -3.60. The Hall–Kier alpha value is -2.18. The van der Waals surface area contributed by atoms with Crippen LogP contribution in [0.4, 0.5) is 0 Å². The molecule has 2 rings (SSSR count). The van der Waals surface area contributed by atoms with Gasteiger partial charge in [-0.25, -0.2) is 17.9 Å². The van der Waals surface area contributed by atoms with Crippen LogP contribution in [0.3, 0.4) is 0 Å². The van der Waals surface area contributed by atoms with Crippen LogP contribution in [0, 0.1) is 6.92 Å². The Labute approximate surface area is 142 Å². The first-order valence-electron chi connectivity index (χ1n) is 7.66. The lowest BCUT2D eigenvalue weighted by Crippen LogP contribution is -2.26. The first-order chi connectivity index (χ1) is 11.4. The molecule has 0 amide bonds. The molecule has 0 heterocycles. The molecule has 6 heteroatoms. The highest BCUT2D eigenvalue weighted by Crippen LogP contribution is 2.17. The van der Waals surface area contributed by atoms with Gasteiger partial charge in [0.2, 0.25) is 10.0 Å². The number of hydrogen-bond acceptors (Lipinski definition) is 4. The van der Waals surface area contributed by atoms with E-state index in [1.54, 1.807) is 6.92 Å². The summed E-state index contributed by atoms with van der Waals surface area (Å²) < 4.78 is 32.0. The van der Waals surface area contributed by atoms with Crippen molar-refractivity contribution < 1.29 is 17.9 Å². The zero-order valence-electron chi connectivity index (χ0n) is 13.8. The quantitative estimate of drug-likeness (QED) is 0.617. The number of carbonyl (C=O) groups is 1. The molecule has 0 saturated heterocycles. The highest BCUT2D eigenvalue weighted by Gasteiger charge is 2.18. The van der Waals surface area contributed by atoms with Crippen molar-refractivity contribution in [3.63, 3.8) is 0 Å². The van der Waals surface area contributed by atoms with Crippen LogP contribution in [0.5, 0.6) is 0 Å². The smallest absolute Gasteiger partial charge is 0.337 e. The van der Waals surface area contributed by atoms with E-state index in [2.05, 4.69) is 9.46 Å². The van der Waals surface area contributed by atoms with Gasteiger partial charge in [-0.2, -0.15) is 0 Å². The zero-order chi connectivity index (χ0) is 17.6. The van der Waals surface area contributed by atoms with Crippen molar-refractivity contribution in [2.24, 2.45) is 0 Å². The normalized spacial score (nSPS) is 11.2. The summed E-state index contributed by atoms with van der Waals surface area (Å²) in [6.07, 6.45) is 1.52. The number of esters is 1. The molecule has 2 aromatic carbocycles. The van der Waals surface area contributed by atoms with Gasteiger partial charge < -0.3 is 4.74 Å². The fraction of sp³-hybridized carbons (Fsp3) is 0.278. The fourth-order valence-corrected chi connectivity index (χ4v) is 3.72. The summed E-state index contributed by atoms with van der Waals surface area (Å²) in [5.74, 6) is -0.488. The van der Waals surface area contributed by atoms with Crippen molar-refractivity contribution in [2.75, 3.05) is 13.7 Å². The second-order valence-corrected chi connectivity index (χ2v) is 7.19. The molecule has 1 N–H and O–H groups in total. The van der Waals surface area contributed by atoms with E-state index in [-0.39, 0.29) is 4.90 Å². The van der Waals surface area contributed by atoms with Crippen molar-refractivity contribution in [3.05, 3.63) is 65.2 Å². The number of methoxy groups -OCH3 is 1. The first kappa shape index (κ1) is 18.2. The molecular weight excluding hydrogens is 326 g/mol. The van der Waals surface area contributed by atoms with E-state index in [0.29, 0.717) is 24.1 Å². The molecule has 0 aliphatic rings. The number of rotatable bonds is 7. The van der Waals surface area contributed by atoms with E-state index in [1.165, 1.54) is 30.9 Å². The Balaban J connectivity index is 1.98. The second-order valence-electron chi connectivity index (χ2n) is 5.46. The highest BCUT2D eigenvalue weighted by molar-refractivity contribution is 7.89. The van der Waals surface area contributed by atoms with E-state index in [4.69, 9.17) is 0 Å². The molecule has 0 atom stereocenters. The third kappa shape index (κ3) is 4.66. The number of sulfonamides is 1. The van der Waals surface area contributed by atoms with Crippen LogP contribution >= 0.6 is 0 Å². The van der Waals surface area contributed by atoms with E-state index in [1.807, 2.05) is 30.3 Å². The molecule has 0 spiro atoms. The number of nitrogens with one attached hydrogen (secondary N) is 1. The number of hydrogen-bond donors (Lipinski definition) is 1. The van der Waals surface area contributed by atoms with Gasteiger partial charge in [-0.1, -0.05) is 30.3 Å². The van der Waals surface area contributed by atoms with Crippen LogP contribution in [0.1, 0.15) is 27.9 Å². The molecule has 0 aliphatic heterocycles. The van der Waals surface area contributed by atoms with Gasteiger partial charge in [0, 0.05) is 6.54 Å². The monoisotopic (exact) mass is 347 g/mol. The van der Waals surface area contributed by atoms with E-state index < -0.39 is 16.0 Å². The highest BCUT2D eigenvalue weighted by atomic mass is 32.2. The van der Waals surface area contributed by atoms with Gasteiger partial charge in [-0.05, 0) is 49.1 Å². The van der Waals surface area contributed by atoms with Crippen molar-refractivity contribution in [1.82, 2.24) is 4.72 Å². The number of carbonyl (C=O) groups excluding carboxylic acids is 1. The summed E-state index contributed by atoms with van der Waals surface area (Å²) in [5.41, 5.74) is 2.02.